The van der Waals surface area contributed by atoms with Crippen molar-refractivity contribution in [2.24, 2.45) is 16.2 Å². The van der Waals surface area contributed by atoms with Crippen molar-refractivity contribution in [1.82, 2.24) is 0 Å². The Morgan fingerprint density at radius 2 is 1.13 bits per heavy atom. The Morgan fingerprint density at radius 3 is 1.40 bits per heavy atom. The van der Waals surface area contributed by atoms with E-state index < -0.39 is 22.3 Å². The molecule has 0 unspecified atom stereocenters. The molecule has 1 aliphatic carbocycles. The lowest BCUT2D eigenvalue weighted by molar-refractivity contribution is -0.173. The third-order valence-electron chi connectivity index (χ3n) is 3.67. The molecule has 0 aliphatic heterocycles. The van der Waals surface area contributed by atoms with E-state index in [4.69, 9.17) is 0 Å². The van der Waals surface area contributed by atoms with E-state index in [2.05, 4.69) is 0 Å². The topological polar surface area (TPSA) is 54.4 Å². The first-order valence-electron chi connectivity index (χ1n) is 5.24. The molecule has 0 bridgehead atoms. The van der Waals surface area contributed by atoms with Crippen molar-refractivity contribution in [1.29, 1.82) is 0 Å². The number of ketones is 2. The number of hydrogen-bond acceptors (Lipinski definition) is 3. The first kappa shape index (κ1) is 12.4. The molecule has 1 aliphatic rings. The molecular weight excluding hydrogens is 192 g/mol. The number of hydrogen-bond donors (Lipinski definition) is 1. The van der Waals surface area contributed by atoms with Crippen molar-refractivity contribution in [3.05, 3.63) is 0 Å². The highest BCUT2D eigenvalue weighted by atomic mass is 16.3. The van der Waals surface area contributed by atoms with Crippen LogP contribution in [0, 0.1) is 16.2 Å². The predicted molar refractivity (Wildman–Crippen MR) is 57.4 cm³/mol. The Labute approximate surface area is 90.9 Å². The van der Waals surface area contributed by atoms with E-state index in [-0.39, 0.29) is 11.6 Å². The molecule has 0 aromatic carbocycles. The minimum Gasteiger partial charge on any atom is -0.391 e. The summed E-state index contributed by atoms with van der Waals surface area (Å²) in [5, 5.41) is 10.1. The highest BCUT2D eigenvalue weighted by molar-refractivity contribution is 6.13. The average molecular weight is 212 g/mol. The maximum absolute atomic E-state index is 12.1. The SMILES string of the molecule is CC1(C)C(=O)C(C)(C)C(O)C(C)(C)C1=O. The van der Waals surface area contributed by atoms with Gasteiger partial charge in [-0.15, -0.1) is 0 Å². The number of Topliss-reactive ketones (excluding diaryl/α,β-unsaturated/α-hetero) is 2. The molecule has 1 N–H and O–H groups in total. The lowest BCUT2D eigenvalue weighted by Crippen LogP contribution is -2.63. The second-order valence-corrected chi connectivity index (χ2v) is 6.13. The van der Waals surface area contributed by atoms with Crippen LogP contribution in [-0.4, -0.2) is 22.8 Å². The first-order valence-corrected chi connectivity index (χ1v) is 5.24. The zero-order chi connectivity index (χ0) is 12.2. The van der Waals surface area contributed by atoms with Crippen LogP contribution >= 0.6 is 0 Å². The fourth-order valence-electron chi connectivity index (χ4n) is 2.86. The maximum atomic E-state index is 12.1. The zero-order valence-electron chi connectivity index (χ0n) is 10.3. The largest absolute Gasteiger partial charge is 0.391 e. The summed E-state index contributed by atoms with van der Waals surface area (Å²) < 4.78 is 0. The Hall–Kier alpha value is -0.700. The number of carbonyl (C=O) groups is 2. The molecule has 0 saturated heterocycles. The predicted octanol–water partition coefficient (Wildman–Crippen LogP) is 1.58. The minimum absolute atomic E-state index is 0.174. The van der Waals surface area contributed by atoms with Gasteiger partial charge in [0.1, 0.15) is 0 Å². The van der Waals surface area contributed by atoms with Gasteiger partial charge in [0.15, 0.2) is 11.6 Å². The molecule has 0 radical (unpaired) electrons. The molecule has 0 spiro atoms. The molecule has 1 rings (SSSR count). The summed E-state index contributed by atoms with van der Waals surface area (Å²) in [4.78, 5) is 24.2. The van der Waals surface area contributed by atoms with Gasteiger partial charge in [-0.05, 0) is 13.8 Å². The van der Waals surface area contributed by atoms with Gasteiger partial charge >= 0.3 is 0 Å². The van der Waals surface area contributed by atoms with E-state index in [1.807, 2.05) is 0 Å². The highest BCUT2D eigenvalue weighted by Crippen LogP contribution is 2.48. The molecule has 3 nitrogen and oxygen atoms in total. The van der Waals surface area contributed by atoms with Gasteiger partial charge in [0.2, 0.25) is 0 Å². The third kappa shape index (κ3) is 1.36. The number of rotatable bonds is 0. The lowest BCUT2D eigenvalue weighted by atomic mass is 9.53. The van der Waals surface area contributed by atoms with Gasteiger partial charge in [-0.25, -0.2) is 0 Å². The summed E-state index contributed by atoms with van der Waals surface area (Å²) in [5.41, 5.74) is -2.71. The second kappa shape index (κ2) is 2.91. The first-order chi connectivity index (χ1) is 6.46. The van der Waals surface area contributed by atoms with Crippen LogP contribution in [0.3, 0.4) is 0 Å². The lowest BCUT2D eigenvalue weighted by Gasteiger charge is -2.49. The Balaban J connectivity index is 3.37. The fraction of sp³-hybridized carbons (Fsp3) is 0.833. The molecular formula is C12H20O3. The van der Waals surface area contributed by atoms with Crippen molar-refractivity contribution in [2.75, 3.05) is 0 Å². The summed E-state index contributed by atoms with van der Waals surface area (Å²) in [5.74, 6) is -0.348. The molecule has 15 heavy (non-hydrogen) atoms. The average Bonchev–Trinajstić information content (AvgIpc) is 2.12. The second-order valence-electron chi connectivity index (χ2n) is 6.13. The van der Waals surface area contributed by atoms with Gasteiger partial charge in [-0.3, -0.25) is 9.59 Å². The van der Waals surface area contributed by atoms with Crippen LogP contribution in [0.4, 0.5) is 0 Å². The summed E-state index contributed by atoms with van der Waals surface area (Å²) in [6, 6.07) is 0. The van der Waals surface area contributed by atoms with Crippen LogP contribution in [0.5, 0.6) is 0 Å². The van der Waals surface area contributed by atoms with E-state index in [9.17, 15) is 14.7 Å². The van der Waals surface area contributed by atoms with Crippen molar-refractivity contribution >= 4 is 11.6 Å². The van der Waals surface area contributed by atoms with Gasteiger partial charge in [-0.1, -0.05) is 27.7 Å². The molecule has 86 valence electrons. The van der Waals surface area contributed by atoms with Crippen LogP contribution in [0.15, 0.2) is 0 Å². The molecule has 0 aromatic rings. The monoisotopic (exact) mass is 212 g/mol. The van der Waals surface area contributed by atoms with Gasteiger partial charge in [0.25, 0.3) is 0 Å². The quantitative estimate of drug-likeness (QED) is 0.620. The third-order valence-corrected chi connectivity index (χ3v) is 3.67. The summed E-state index contributed by atoms with van der Waals surface area (Å²) in [6.45, 7) is 10.1. The van der Waals surface area contributed by atoms with Crippen LogP contribution in [0.2, 0.25) is 0 Å². The molecule has 1 saturated carbocycles. The van der Waals surface area contributed by atoms with Crippen molar-refractivity contribution < 1.29 is 14.7 Å². The summed E-state index contributed by atoms with van der Waals surface area (Å²) in [6.07, 6.45) is -0.918. The van der Waals surface area contributed by atoms with E-state index in [1.165, 1.54) is 0 Å². The van der Waals surface area contributed by atoms with Gasteiger partial charge in [-0.2, -0.15) is 0 Å². The van der Waals surface area contributed by atoms with Crippen LogP contribution < -0.4 is 0 Å². The van der Waals surface area contributed by atoms with Crippen molar-refractivity contribution in [3.8, 4) is 0 Å². The van der Waals surface area contributed by atoms with E-state index in [1.54, 1.807) is 41.5 Å². The standard InChI is InChI=1S/C12H20O3/c1-10(2)7(13)11(3,4)9(15)12(5,6)8(10)14/h7,13H,1-6H3. The van der Waals surface area contributed by atoms with Crippen LogP contribution in [0.25, 0.3) is 0 Å². The van der Waals surface area contributed by atoms with Crippen molar-refractivity contribution in [2.45, 2.75) is 47.6 Å². The molecule has 0 heterocycles. The van der Waals surface area contributed by atoms with Crippen LogP contribution in [-0.2, 0) is 9.59 Å². The minimum atomic E-state index is -0.994. The van der Waals surface area contributed by atoms with Crippen molar-refractivity contribution in [3.63, 3.8) is 0 Å². The number of aliphatic hydroxyl groups excluding tert-OH is 1. The molecule has 0 aromatic heterocycles. The van der Waals surface area contributed by atoms with Gasteiger partial charge < -0.3 is 5.11 Å². The van der Waals surface area contributed by atoms with Gasteiger partial charge in [0, 0.05) is 0 Å². The molecule has 1 fully saturated rings. The molecule has 0 atom stereocenters. The summed E-state index contributed by atoms with van der Waals surface area (Å²) >= 11 is 0. The molecule has 3 heteroatoms. The number of carbonyl (C=O) groups excluding carboxylic acids is 2. The Bertz CT molecular complexity index is 294. The Morgan fingerprint density at radius 1 is 0.867 bits per heavy atom. The molecule has 0 amide bonds. The van der Waals surface area contributed by atoms with E-state index >= 15 is 0 Å². The number of aliphatic hydroxyl groups is 1. The smallest absolute Gasteiger partial charge is 0.154 e. The fourth-order valence-corrected chi connectivity index (χ4v) is 2.86. The van der Waals surface area contributed by atoms with E-state index in [0.717, 1.165) is 0 Å². The zero-order valence-corrected chi connectivity index (χ0v) is 10.3. The highest BCUT2D eigenvalue weighted by Gasteiger charge is 2.61. The maximum Gasteiger partial charge on any atom is 0.154 e. The van der Waals surface area contributed by atoms with Gasteiger partial charge in [0.05, 0.1) is 22.3 Å². The van der Waals surface area contributed by atoms with E-state index in [0.29, 0.717) is 0 Å². The van der Waals surface area contributed by atoms with Crippen LogP contribution in [0.1, 0.15) is 41.5 Å². The Kier molecular flexibility index (Phi) is 2.40. The summed E-state index contributed by atoms with van der Waals surface area (Å²) in [7, 11) is 0. The normalized spacial score (nSPS) is 29.3.